The Morgan fingerprint density at radius 1 is 0.960 bits per heavy atom. The summed E-state index contributed by atoms with van der Waals surface area (Å²) in [6, 6.07) is 10.2. The third-order valence-corrected chi connectivity index (χ3v) is 3.37. The van der Waals surface area contributed by atoms with Gasteiger partial charge in [0.25, 0.3) is 0 Å². The van der Waals surface area contributed by atoms with Gasteiger partial charge >= 0.3 is 0 Å². The number of nitrogens with one attached hydrogen (secondary N) is 2. The Kier molecular flexibility index (Phi) is 6.19. The van der Waals surface area contributed by atoms with E-state index in [0.717, 1.165) is 17.7 Å². The van der Waals surface area contributed by atoms with Crippen LogP contribution in [0, 0.1) is 18.6 Å². The summed E-state index contributed by atoms with van der Waals surface area (Å²) in [6.45, 7) is 1.83. The second-order valence-corrected chi connectivity index (χ2v) is 5.76. The van der Waals surface area contributed by atoms with Crippen molar-refractivity contribution in [1.82, 2.24) is 4.90 Å². The van der Waals surface area contributed by atoms with Gasteiger partial charge in [-0.3, -0.25) is 14.5 Å². The standard InChI is InChI=1S/C18H19F2N3O2/c1-12-3-6-14(7-4-12)21-17(24)10-23(2)11-18(25)22-16-8-5-13(19)9-15(16)20/h3-9H,10-11H2,1-2H3,(H,21,24)(H,22,25). The maximum absolute atomic E-state index is 13.5. The highest BCUT2D eigenvalue weighted by Gasteiger charge is 2.13. The lowest BCUT2D eigenvalue weighted by Crippen LogP contribution is -2.36. The number of hydrogen-bond donors (Lipinski definition) is 2. The van der Waals surface area contributed by atoms with E-state index in [1.165, 1.54) is 4.90 Å². The van der Waals surface area contributed by atoms with Crippen molar-refractivity contribution >= 4 is 23.2 Å². The lowest BCUT2D eigenvalue weighted by atomic mass is 10.2. The van der Waals surface area contributed by atoms with Crippen molar-refractivity contribution in [3.05, 3.63) is 59.7 Å². The van der Waals surface area contributed by atoms with Crippen LogP contribution in [0.3, 0.4) is 0 Å². The zero-order valence-electron chi connectivity index (χ0n) is 14.0. The SMILES string of the molecule is Cc1ccc(NC(=O)CN(C)CC(=O)Nc2ccc(F)cc2F)cc1. The molecule has 0 radical (unpaired) electrons. The molecule has 0 saturated carbocycles. The van der Waals surface area contributed by atoms with Gasteiger partial charge in [0.1, 0.15) is 11.6 Å². The summed E-state index contributed by atoms with van der Waals surface area (Å²) in [5.41, 5.74) is 1.64. The van der Waals surface area contributed by atoms with Crippen LogP contribution in [0.25, 0.3) is 0 Å². The van der Waals surface area contributed by atoms with Crippen LogP contribution in [-0.2, 0) is 9.59 Å². The summed E-state index contributed by atoms with van der Waals surface area (Å²) in [4.78, 5) is 25.3. The predicted molar refractivity (Wildman–Crippen MR) is 92.3 cm³/mol. The second-order valence-electron chi connectivity index (χ2n) is 5.76. The van der Waals surface area contributed by atoms with Crippen LogP contribution in [0.5, 0.6) is 0 Å². The smallest absolute Gasteiger partial charge is 0.238 e. The molecule has 2 aromatic rings. The number of hydrogen-bond acceptors (Lipinski definition) is 3. The second kappa shape index (κ2) is 8.34. The molecule has 0 aliphatic rings. The van der Waals surface area contributed by atoms with Gasteiger partial charge in [-0.25, -0.2) is 8.78 Å². The number of halogens is 2. The molecule has 25 heavy (non-hydrogen) atoms. The van der Waals surface area contributed by atoms with E-state index in [-0.39, 0.29) is 24.7 Å². The minimum Gasteiger partial charge on any atom is -0.325 e. The Morgan fingerprint density at radius 3 is 2.16 bits per heavy atom. The molecule has 0 unspecified atom stereocenters. The average Bonchev–Trinajstić information content (AvgIpc) is 2.52. The maximum Gasteiger partial charge on any atom is 0.238 e. The van der Waals surface area contributed by atoms with Crippen LogP contribution in [0.15, 0.2) is 42.5 Å². The predicted octanol–water partition coefficient (Wildman–Crippen LogP) is 2.78. The average molecular weight is 347 g/mol. The number of likely N-dealkylation sites (N-methyl/N-ethyl adjacent to an activating group) is 1. The van der Waals surface area contributed by atoms with Crippen LogP contribution in [0.2, 0.25) is 0 Å². The molecule has 0 bridgehead atoms. The number of nitrogens with zero attached hydrogens (tertiary/aromatic N) is 1. The van der Waals surface area contributed by atoms with E-state index in [1.54, 1.807) is 19.2 Å². The first-order chi connectivity index (χ1) is 11.8. The lowest BCUT2D eigenvalue weighted by molar-refractivity contribution is -0.119. The van der Waals surface area contributed by atoms with Gasteiger partial charge in [-0.15, -0.1) is 0 Å². The number of amides is 2. The van der Waals surface area contributed by atoms with Gasteiger partial charge in [0.05, 0.1) is 18.8 Å². The number of benzene rings is 2. The minimum absolute atomic E-state index is 0.00675. The third kappa shape index (κ3) is 5.96. The van der Waals surface area contributed by atoms with Gasteiger partial charge in [-0.2, -0.15) is 0 Å². The fraction of sp³-hybridized carbons (Fsp3) is 0.222. The van der Waals surface area contributed by atoms with E-state index >= 15 is 0 Å². The zero-order valence-corrected chi connectivity index (χ0v) is 14.0. The first-order valence-corrected chi connectivity index (χ1v) is 7.63. The number of rotatable bonds is 6. The van der Waals surface area contributed by atoms with E-state index in [0.29, 0.717) is 11.8 Å². The summed E-state index contributed by atoms with van der Waals surface area (Å²) in [5, 5.41) is 5.07. The molecule has 2 N–H and O–H groups in total. The lowest BCUT2D eigenvalue weighted by Gasteiger charge is -2.16. The summed E-state index contributed by atoms with van der Waals surface area (Å²) >= 11 is 0. The van der Waals surface area contributed by atoms with Gasteiger partial charge in [0.15, 0.2) is 0 Å². The highest BCUT2D eigenvalue weighted by molar-refractivity contribution is 5.94. The molecule has 0 heterocycles. The topological polar surface area (TPSA) is 61.4 Å². The van der Waals surface area contributed by atoms with E-state index in [9.17, 15) is 18.4 Å². The summed E-state index contributed by atoms with van der Waals surface area (Å²) < 4.78 is 26.3. The normalized spacial score (nSPS) is 10.6. The van der Waals surface area contributed by atoms with E-state index in [1.807, 2.05) is 19.1 Å². The first-order valence-electron chi connectivity index (χ1n) is 7.63. The summed E-state index contributed by atoms with van der Waals surface area (Å²) in [6.07, 6.45) is 0. The molecule has 2 amide bonds. The Morgan fingerprint density at radius 2 is 1.56 bits per heavy atom. The number of carbonyl (C=O) groups excluding carboxylic acids is 2. The van der Waals surface area contributed by atoms with Crippen molar-refractivity contribution in [2.24, 2.45) is 0 Å². The van der Waals surface area contributed by atoms with E-state index < -0.39 is 17.5 Å². The Hall–Kier alpha value is -2.80. The summed E-state index contributed by atoms with van der Waals surface area (Å²) in [7, 11) is 1.59. The highest BCUT2D eigenvalue weighted by atomic mass is 19.1. The van der Waals surface area contributed by atoms with Crippen molar-refractivity contribution in [3.63, 3.8) is 0 Å². The molecular formula is C18H19F2N3O2. The fourth-order valence-corrected chi connectivity index (χ4v) is 2.16. The van der Waals surface area contributed by atoms with Gasteiger partial charge in [0, 0.05) is 11.8 Å². The van der Waals surface area contributed by atoms with Crippen molar-refractivity contribution in [2.45, 2.75) is 6.92 Å². The molecule has 0 atom stereocenters. The molecule has 2 aromatic carbocycles. The number of anilines is 2. The number of aryl methyl sites for hydroxylation is 1. The molecule has 0 fully saturated rings. The number of carbonyl (C=O) groups is 2. The Balaban J connectivity index is 1.82. The van der Waals surface area contributed by atoms with E-state index in [4.69, 9.17) is 0 Å². The molecule has 0 saturated heterocycles. The third-order valence-electron chi connectivity index (χ3n) is 3.37. The molecule has 2 rings (SSSR count). The molecule has 0 aromatic heterocycles. The minimum atomic E-state index is -0.854. The maximum atomic E-state index is 13.5. The molecule has 132 valence electrons. The van der Waals surface area contributed by atoms with Gasteiger partial charge in [0.2, 0.25) is 11.8 Å². The van der Waals surface area contributed by atoms with Crippen molar-refractivity contribution in [2.75, 3.05) is 30.8 Å². The van der Waals surface area contributed by atoms with Gasteiger partial charge < -0.3 is 10.6 Å². The van der Waals surface area contributed by atoms with Crippen molar-refractivity contribution in [3.8, 4) is 0 Å². The Bertz CT molecular complexity index is 763. The molecule has 0 aliphatic heterocycles. The monoisotopic (exact) mass is 347 g/mol. The quantitative estimate of drug-likeness (QED) is 0.845. The molecule has 5 nitrogen and oxygen atoms in total. The van der Waals surface area contributed by atoms with Crippen molar-refractivity contribution in [1.29, 1.82) is 0 Å². The first kappa shape index (κ1) is 18.5. The van der Waals surface area contributed by atoms with E-state index in [2.05, 4.69) is 10.6 Å². The molecule has 7 heteroatoms. The van der Waals surface area contributed by atoms with Crippen LogP contribution < -0.4 is 10.6 Å². The van der Waals surface area contributed by atoms with Crippen LogP contribution in [0.4, 0.5) is 20.2 Å². The zero-order chi connectivity index (χ0) is 18.4. The van der Waals surface area contributed by atoms with Gasteiger partial charge in [-0.1, -0.05) is 17.7 Å². The highest BCUT2D eigenvalue weighted by Crippen LogP contribution is 2.14. The molecule has 0 aliphatic carbocycles. The van der Waals surface area contributed by atoms with Crippen molar-refractivity contribution < 1.29 is 18.4 Å². The van der Waals surface area contributed by atoms with Crippen LogP contribution >= 0.6 is 0 Å². The van der Waals surface area contributed by atoms with Crippen LogP contribution in [0.1, 0.15) is 5.56 Å². The largest absolute Gasteiger partial charge is 0.325 e. The van der Waals surface area contributed by atoms with Gasteiger partial charge in [-0.05, 0) is 38.2 Å². The van der Waals surface area contributed by atoms with Crippen LogP contribution in [-0.4, -0.2) is 36.9 Å². The fourth-order valence-electron chi connectivity index (χ4n) is 2.16. The molecular weight excluding hydrogens is 328 g/mol. The summed E-state index contributed by atoms with van der Waals surface area (Å²) in [5.74, 6) is -2.35. The molecule has 0 spiro atoms. The Labute approximate surface area is 144 Å².